The number of amides is 1. The van der Waals surface area contributed by atoms with Gasteiger partial charge < -0.3 is 14.6 Å². The zero-order chi connectivity index (χ0) is 14.7. The Labute approximate surface area is 124 Å². The minimum atomic E-state index is -0.0284. The summed E-state index contributed by atoms with van der Waals surface area (Å²) in [5.41, 5.74) is 2.55. The van der Waals surface area contributed by atoms with Gasteiger partial charge in [0, 0.05) is 32.4 Å². The summed E-state index contributed by atoms with van der Waals surface area (Å²) in [6.07, 6.45) is 5.08. The topological polar surface area (TPSA) is 56.2 Å². The number of hydrogen-bond acceptors (Lipinski definition) is 3. The fourth-order valence-corrected chi connectivity index (χ4v) is 2.80. The van der Waals surface area contributed by atoms with E-state index in [1.165, 1.54) is 6.42 Å². The molecule has 0 aliphatic carbocycles. The Kier molecular flexibility index (Phi) is 4.20. The van der Waals surface area contributed by atoms with Crippen LogP contribution in [0.3, 0.4) is 0 Å². The van der Waals surface area contributed by atoms with E-state index in [2.05, 4.69) is 10.3 Å². The molecule has 1 amide bonds. The second-order valence-electron chi connectivity index (χ2n) is 5.69. The second-order valence-corrected chi connectivity index (χ2v) is 5.69. The number of aryl methyl sites for hydroxylation is 1. The highest BCUT2D eigenvalue weighted by atomic mass is 16.5. The predicted molar refractivity (Wildman–Crippen MR) is 81.2 cm³/mol. The van der Waals surface area contributed by atoms with Crippen molar-refractivity contribution in [3.8, 4) is 0 Å². The van der Waals surface area contributed by atoms with Crippen LogP contribution in [0.4, 0.5) is 0 Å². The molecule has 112 valence electrons. The van der Waals surface area contributed by atoms with Crippen molar-refractivity contribution in [3.63, 3.8) is 0 Å². The van der Waals surface area contributed by atoms with Crippen molar-refractivity contribution in [1.82, 2.24) is 14.9 Å². The van der Waals surface area contributed by atoms with Crippen molar-refractivity contribution >= 4 is 16.9 Å². The summed E-state index contributed by atoms with van der Waals surface area (Å²) in [4.78, 5) is 16.4. The van der Waals surface area contributed by atoms with Gasteiger partial charge in [-0.2, -0.15) is 0 Å². The number of fused-ring (bicyclic) bond motifs is 1. The van der Waals surface area contributed by atoms with Crippen LogP contribution in [0.1, 0.15) is 29.6 Å². The highest BCUT2D eigenvalue weighted by Crippen LogP contribution is 2.17. The van der Waals surface area contributed by atoms with E-state index >= 15 is 0 Å². The number of hydrogen-bond donors (Lipinski definition) is 1. The number of carbonyl (C=O) groups is 1. The molecule has 0 saturated carbocycles. The fraction of sp³-hybridized carbons (Fsp3) is 0.500. The molecular formula is C16H21N3O2. The van der Waals surface area contributed by atoms with Crippen molar-refractivity contribution in [2.24, 2.45) is 13.0 Å². The van der Waals surface area contributed by atoms with Crippen LogP contribution in [0.5, 0.6) is 0 Å². The number of benzene rings is 1. The smallest absolute Gasteiger partial charge is 0.251 e. The normalized spacial score (nSPS) is 18.8. The second kappa shape index (κ2) is 6.26. The third-order valence-corrected chi connectivity index (χ3v) is 4.08. The SMILES string of the molecule is Cn1cnc2cc(C(=O)NCC[C@@H]3CCCOC3)ccc21. The average molecular weight is 287 g/mol. The van der Waals surface area contributed by atoms with Gasteiger partial charge in [-0.15, -0.1) is 0 Å². The first-order chi connectivity index (χ1) is 10.2. The first-order valence-electron chi connectivity index (χ1n) is 7.51. The molecule has 1 N–H and O–H groups in total. The number of rotatable bonds is 4. The molecule has 1 saturated heterocycles. The number of imidazole rings is 1. The van der Waals surface area contributed by atoms with Gasteiger partial charge in [0.15, 0.2) is 0 Å². The minimum Gasteiger partial charge on any atom is -0.381 e. The third kappa shape index (κ3) is 3.24. The van der Waals surface area contributed by atoms with Crippen LogP contribution in [0.25, 0.3) is 11.0 Å². The number of nitrogens with zero attached hydrogens (tertiary/aromatic N) is 2. The van der Waals surface area contributed by atoms with Crippen molar-refractivity contribution < 1.29 is 9.53 Å². The molecule has 3 rings (SSSR count). The van der Waals surface area contributed by atoms with Crippen molar-refractivity contribution in [2.45, 2.75) is 19.3 Å². The molecule has 0 unspecified atom stereocenters. The van der Waals surface area contributed by atoms with Gasteiger partial charge in [0.1, 0.15) is 0 Å². The molecule has 5 heteroatoms. The van der Waals surface area contributed by atoms with Gasteiger partial charge >= 0.3 is 0 Å². The summed E-state index contributed by atoms with van der Waals surface area (Å²) in [6.45, 7) is 2.41. The van der Waals surface area contributed by atoms with Gasteiger partial charge in [-0.05, 0) is 43.4 Å². The number of nitrogens with one attached hydrogen (secondary N) is 1. The summed E-state index contributed by atoms with van der Waals surface area (Å²) in [7, 11) is 1.95. The van der Waals surface area contributed by atoms with Gasteiger partial charge in [-0.3, -0.25) is 4.79 Å². The molecule has 0 bridgehead atoms. The summed E-state index contributed by atoms with van der Waals surface area (Å²) in [5.74, 6) is 0.552. The first kappa shape index (κ1) is 14.1. The summed E-state index contributed by atoms with van der Waals surface area (Å²) < 4.78 is 7.40. The van der Waals surface area contributed by atoms with Crippen LogP contribution in [0.15, 0.2) is 24.5 Å². The molecule has 2 aromatic rings. The van der Waals surface area contributed by atoms with Crippen molar-refractivity contribution in [2.75, 3.05) is 19.8 Å². The zero-order valence-electron chi connectivity index (χ0n) is 12.3. The Balaban J connectivity index is 1.56. The Morgan fingerprint density at radius 2 is 2.43 bits per heavy atom. The van der Waals surface area contributed by atoms with Crippen molar-refractivity contribution in [1.29, 1.82) is 0 Å². The molecule has 1 fully saturated rings. The lowest BCUT2D eigenvalue weighted by Crippen LogP contribution is -2.28. The van der Waals surface area contributed by atoms with E-state index < -0.39 is 0 Å². The third-order valence-electron chi connectivity index (χ3n) is 4.08. The van der Waals surface area contributed by atoms with E-state index in [4.69, 9.17) is 4.74 Å². The van der Waals surface area contributed by atoms with Crippen LogP contribution in [-0.4, -0.2) is 35.2 Å². The Morgan fingerprint density at radius 3 is 3.24 bits per heavy atom. The monoisotopic (exact) mass is 287 g/mol. The number of carbonyl (C=O) groups excluding carboxylic acids is 1. The number of aromatic nitrogens is 2. The maximum absolute atomic E-state index is 12.2. The molecule has 21 heavy (non-hydrogen) atoms. The van der Waals surface area contributed by atoms with Gasteiger partial charge in [0.25, 0.3) is 5.91 Å². The van der Waals surface area contributed by atoms with Gasteiger partial charge in [-0.1, -0.05) is 0 Å². The molecule has 5 nitrogen and oxygen atoms in total. The lowest BCUT2D eigenvalue weighted by molar-refractivity contribution is 0.0514. The van der Waals surface area contributed by atoms with E-state index in [0.29, 0.717) is 18.0 Å². The predicted octanol–water partition coefficient (Wildman–Crippen LogP) is 2.12. The van der Waals surface area contributed by atoms with E-state index in [0.717, 1.165) is 37.1 Å². The van der Waals surface area contributed by atoms with Gasteiger partial charge in [-0.25, -0.2) is 4.98 Å². The molecule has 0 radical (unpaired) electrons. The van der Waals surface area contributed by atoms with Gasteiger partial charge in [0.05, 0.1) is 17.4 Å². The maximum Gasteiger partial charge on any atom is 0.251 e. The molecule has 1 aromatic heterocycles. The number of ether oxygens (including phenoxy) is 1. The van der Waals surface area contributed by atoms with Crippen LogP contribution in [-0.2, 0) is 11.8 Å². The lowest BCUT2D eigenvalue weighted by Gasteiger charge is -2.21. The molecule has 1 aromatic carbocycles. The zero-order valence-corrected chi connectivity index (χ0v) is 12.3. The van der Waals surface area contributed by atoms with E-state index in [-0.39, 0.29) is 5.91 Å². The fourth-order valence-electron chi connectivity index (χ4n) is 2.80. The van der Waals surface area contributed by atoms with E-state index in [1.54, 1.807) is 6.33 Å². The molecule has 1 atom stereocenters. The quantitative estimate of drug-likeness (QED) is 0.937. The summed E-state index contributed by atoms with van der Waals surface area (Å²) in [6, 6.07) is 5.63. The van der Waals surface area contributed by atoms with Crippen LogP contribution >= 0.6 is 0 Å². The highest BCUT2D eigenvalue weighted by Gasteiger charge is 2.14. The molecular weight excluding hydrogens is 266 g/mol. The minimum absolute atomic E-state index is 0.0284. The summed E-state index contributed by atoms with van der Waals surface area (Å²) in [5, 5.41) is 2.99. The van der Waals surface area contributed by atoms with Crippen LogP contribution in [0.2, 0.25) is 0 Å². The van der Waals surface area contributed by atoms with Gasteiger partial charge in [0.2, 0.25) is 0 Å². The standard InChI is InChI=1S/C16H21N3O2/c1-19-11-18-14-9-13(4-5-15(14)19)16(20)17-7-6-12-3-2-8-21-10-12/h4-5,9,11-12H,2-3,6-8,10H2,1H3,(H,17,20)/t12-/m0/s1. The first-order valence-corrected chi connectivity index (χ1v) is 7.51. The molecule has 1 aliphatic heterocycles. The highest BCUT2D eigenvalue weighted by molar-refractivity contribution is 5.97. The Morgan fingerprint density at radius 1 is 1.52 bits per heavy atom. The molecule has 0 spiro atoms. The van der Waals surface area contributed by atoms with Crippen molar-refractivity contribution in [3.05, 3.63) is 30.1 Å². The average Bonchev–Trinajstić information content (AvgIpc) is 2.89. The largest absolute Gasteiger partial charge is 0.381 e. The Bertz CT molecular complexity index is 629. The summed E-state index contributed by atoms with van der Waals surface area (Å²) >= 11 is 0. The lowest BCUT2D eigenvalue weighted by atomic mass is 9.99. The van der Waals surface area contributed by atoms with E-state index in [1.807, 2.05) is 29.8 Å². The van der Waals surface area contributed by atoms with E-state index in [9.17, 15) is 4.79 Å². The maximum atomic E-state index is 12.2. The van der Waals surface area contributed by atoms with Crippen LogP contribution < -0.4 is 5.32 Å². The Hall–Kier alpha value is -1.88. The molecule has 1 aliphatic rings. The van der Waals surface area contributed by atoms with Crippen LogP contribution in [0, 0.1) is 5.92 Å². The molecule has 2 heterocycles.